The summed E-state index contributed by atoms with van der Waals surface area (Å²) in [6.07, 6.45) is 0. The molecule has 0 spiro atoms. The summed E-state index contributed by atoms with van der Waals surface area (Å²) in [6.45, 7) is 7.07. The van der Waals surface area contributed by atoms with Crippen molar-refractivity contribution in [3.63, 3.8) is 0 Å². The zero-order valence-electron chi connectivity index (χ0n) is 13.0. The Balaban J connectivity index is 2.20. The topological polar surface area (TPSA) is 15.3 Å². The molecule has 2 aromatic rings. The zero-order chi connectivity index (χ0) is 15.2. The van der Waals surface area contributed by atoms with Gasteiger partial charge in [0.05, 0.1) is 0 Å². The number of aryl methyl sites for hydroxylation is 1. The lowest BCUT2D eigenvalue weighted by molar-refractivity contribution is 0.723. The van der Waals surface area contributed by atoms with Crippen LogP contribution in [0, 0.1) is 6.92 Å². The van der Waals surface area contributed by atoms with Gasteiger partial charge in [0.25, 0.3) is 0 Å². The Bertz CT molecular complexity index is 596. The first-order valence-electron chi connectivity index (χ1n) is 7.36. The maximum Gasteiger partial charge on any atom is 0.0426 e. The van der Waals surface area contributed by atoms with Gasteiger partial charge in [-0.1, -0.05) is 58.7 Å². The lowest BCUT2D eigenvalue weighted by atomic mass is 10.1. The van der Waals surface area contributed by atoms with E-state index in [9.17, 15) is 0 Å². The summed E-state index contributed by atoms with van der Waals surface area (Å²) in [6, 6.07) is 15.2. The van der Waals surface area contributed by atoms with Gasteiger partial charge in [-0.05, 0) is 36.7 Å². The second kappa shape index (κ2) is 7.62. The molecule has 112 valence electrons. The van der Waals surface area contributed by atoms with E-state index in [4.69, 9.17) is 0 Å². The van der Waals surface area contributed by atoms with Crippen LogP contribution < -0.4 is 10.2 Å². The fourth-order valence-electron chi connectivity index (χ4n) is 2.47. The van der Waals surface area contributed by atoms with Gasteiger partial charge in [-0.2, -0.15) is 0 Å². The molecule has 0 bridgehead atoms. The average Bonchev–Trinajstić information content (AvgIpc) is 2.46. The van der Waals surface area contributed by atoms with Crippen LogP contribution in [0.4, 0.5) is 5.69 Å². The van der Waals surface area contributed by atoms with Gasteiger partial charge in [-0.3, -0.25) is 0 Å². The van der Waals surface area contributed by atoms with E-state index in [-0.39, 0.29) is 0 Å². The van der Waals surface area contributed by atoms with Crippen LogP contribution in [0.15, 0.2) is 46.9 Å². The molecular formula is C18H23BrN2. The van der Waals surface area contributed by atoms with Gasteiger partial charge in [0.1, 0.15) is 0 Å². The summed E-state index contributed by atoms with van der Waals surface area (Å²) in [5, 5.41) is 3.41. The third kappa shape index (κ3) is 4.58. The van der Waals surface area contributed by atoms with Crippen molar-refractivity contribution in [2.45, 2.75) is 26.9 Å². The molecule has 2 nitrogen and oxygen atoms in total. The molecule has 21 heavy (non-hydrogen) atoms. The number of benzene rings is 2. The Morgan fingerprint density at radius 1 is 1.14 bits per heavy atom. The standard InChI is InChI=1S/C18H23BrN2/c1-4-20-12-16-8-9-17(19)11-18(16)21(3)13-15-7-5-6-14(2)10-15/h5-11,20H,4,12-13H2,1-3H3. The first kappa shape index (κ1) is 16.1. The largest absolute Gasteiger partial charge is 0.370 e. The van der Waals surface area contributed by atoms with Gasteiger partial charge in [0.15, 0.2) is 0 Å². The molecule has 0 atom stereocenters. The van der Waals surface area contributed by atoms with E-state index in [1.54, 1.807) is 0 Å². The summed E-state index contributed by atoms with van der Waals surface area (Å²) in [7, 11) is 2.15. The second-order valence-corrected chi connectivity index (χ2v) is 6.31. The van der Waals surface area contributed by atoms with Crippen LogP contribution in [0.5, 0.6) is 0 Å². The highest BCUT2D eigenvalue weighted by atomic mass is 79.9. The zero-order valence-corrected chi connectivity index (χ0v) is 14.6. The highest BCUT2D eigenvalue weighted by Gasteiger charge is 2.09. The molecule has 0 radical (unpaired) electrons. The number of nitrogens with zero attached hydrogens (tertiary/aromatic N) is 1. The van der Waals surface area contributed by atoms with Crippen molar-refractivity contribution in [2.24, 2.45) is 0 Å². The number of hydrogen-bond donors (Lipinski definition) is 1. The Labute approximate surface area is 136 Å². The van der Waals surface area contributed by atoms with Crippen molar-refractivity contribution in [3.05, 3.63) is 63.6 Å². The van der Waals surface area contributed by atoms with Crippen LogP contribution in [-0.4, -0.2) is 13.6 Å². The Morgan fingerprint density at radius 3 is 2.67 bits per heavy atom. The second-order valence-electron chi connectivity index (χ2n) is 5.40. The first-order chi connectivity index (χ1) is 10.1. The lowest BCUT2D eigenvalue weighted by Crippen LogP contribution is -2.20. The SMILES string of the molecule is CCNCc1ccc(Br)cc1N(C)Cc1cccc(C)c1. The van der Waals surface area contributed by atoms with Crippen LogP contribution in [0.1, 0.15) is 23.6 Å². The minimum absolute atomic E-state index is 0.900. The lowest BCUT2D eigenvalue weighted by Gasteiger charge is -2.23. The van der Waals surface area contributed by atoms with Crippen LogP contribution in [0.25, 0.3) is 0 Å². The minimum atomic E-state index is 0.900. The monoisotopic (exact) mass is 346 g/mol. The van der Waals surface area contributed by atoms with E-state index < -0.39 is 0 Å². The van der Waals surface area contributed by atoms with Crippen molar-refractivity contribution in [1.82, 2.24) is 5.32 Å². The van der Waals surface area contributed by atoms with Crippen molar-refractivity contribution < 1.29 is 0 Å². The van der Waals surface area contributed by atoms with Crippen molar-refractivity contribution in [2.75, 3.05) is 18.5 Å². The minimum Gasteiger partial charge on any atom is -0.370 e. The van der Waals surface area contributed by atoms with Gasteiger partial charge in [0.2, 0.25) is 0 Å². The van der Waals surface area contributed by atoms with Gasteiger partial charge < -0.3 is 10.2 Å². The predicted molar refractivity (Wildman–Crippen MR) is 94.8 cm³/mol. The third-order valence-electron chi connectivity index (χ3n) is 3.53. The summed E-state index contributed by atoms with van der Waals surface area (Å²) in [5.41, 5.74) is 5.25. The highest BCUT2D eigenvalue weighted by Crippen LogP contribution is 2.25. The molecule has 0 aliphatic rings. The van der Waals surface area contributed by atoms with E-state index in [1.165, 1.54) is 22.4 Å². The summed E-state index contributed by atoms with van der Waals surface area (Å²) < 4.78 is 1.12. The molecule has 0 aliphatic carbocycles. The third-order valence-corrected chi connectivity index (χ3v) is 4.02. The predicted octanol–water partition coefficient (Wildman–Crippen LogP) is 4.50. The summed E-state index contributed by atoms with van der Waals surface area (Å²) >= 11 is 3.58. The van der Waals surface area contributed by atoms with E-state index in [0.29, 0.717) is 0 Å². The molecule has 0 saturated carbocycles. The molecule has 0 amide bonds. The molecule has 0 heterocycles. The normalized spacial score (nSPS) is 10.7. The number of halogens is 1. The van der Waals surface area contributed by atoms with Crippen LogP contribution in [0.3, 0.4) is 0 Å². The average molecular weight is 347 g/mol. The molecular weight excluding hydrogens is 324 g/mol. The molecule has 0 fully saturated rings. The first-order valence-corrected chi connectivity index (χ1v) is 8.15. The van der Waals surface area contributed by atoms with Crippen LogP contribution in [0.2, 0.25) is 0 Å². The van der Waals surface area contributed by atoms with Crippen molar-refractivity contribution >= 4 is 21.6 Å². The Hall–Kier alpha value is -1.32. The molecule has 2 aromatic carbocycles. The number of anilines is 1. The summed E-state index contributed by atoms with van der Waals surface area (Å²) in [4.78, 5) is 2.31. The van der Waals surface area contributed by atoms with Crippen molar-refractivity contribution in [1.29, 1.82) is 0 Å². The molecule has 0 unspecified atom stereocenters. The molecule has 0 aromatic heterocycles. The Morgan fingerprint density at radius 2 is 1.95 bits per heavy atom. The van der Waals surface area contributed by atoms with Gasteiger partial charge >= 0.3 is 0 Å². The van der Waals surface area contributed by atoms with E-state index in [1.807, 2.05) is 0 Å². The smallest absolute Gasteiger partial charge is 0.0426 e. The number of rotatable bonds is 6. The fourth-order valence-corrected chi connectivity index (χ4v) is 2.82. The van der Waals surface area contributed by atoms with Gasteiger partial charge in [0, 0.05) is 30.3 Å². The maximum atomic E-state index is 3.58. The van der Waals surface area contributed by atoms with E-state index in [2.05, 4.69) is 89.5 Å². The van der Waals surface area contributed by atoms with Crippen LogP contribution in [-0.2, 0) is 13.1 Å². The number of nitrogens with one attached hydrogen (secondary N) is 1. The highest BCUT2D eigenvalue weighted by molar-refractivity contribution is 9.10. The van der Waals surface area contributed by atoms with E-state index >= 15 is 0 Å². The molecule has 0 saturated heterocycles. The van der Waals surface area contributed by atoms with Gasteiger partial charge in [-0.15, -0.1) is 0 Å². The maximum absolute atomic E-state index is 3.58. The van der Waals surface area contributed by atoms with Gasteiger partial charge in [-0.25, -0.2) is 0 Å². The molecule has 2 rings (SSSR count). The fraction of sp³-hybridized carbons (Fsp3) is 0.333. The summed E-state index contributed by atoms with van der Waals surface area (Å²) in [5.74, 6) is 0. The van der Waals surface area contributed by atoms with E-state index in [0.717, 1.165) is 24.1 Å². The van der Waals surface area contributed by atoms with Crippen molar-refractivity contribution in [3.8, 4) is 0 Å². The molecule has 0 aliphatic heterocycles. The molecule has 1 N–H and O–H groups in total. The quantitative estimate of drug-likeness (QED) is 0.828. The van der Waals surface area contributed by atoms with Crippen LogP contribution >= 0.6 is 15.9 Å². The molecule has 3 heteroatoms. The number of hydrogen-bond acceptors (Lipinski definition) is 2. The Kier molecular flexibility index (Phi) is 5.83.